The maximum absolute atomic E-state index is 6.51. The molecule has 0 unspecified atom stereocenters. The van der Waals surface area contributed by atoms with Crippen LogP contribution in [0.5, 0.6) is 0 Å². The Bertz CT molecular complexity index is 2630. The Morgan fingerprint density at radius 2 is 1.17 bits per heavy atom. The molecular weight excluding hydrogens is 581 g/mol. The van der Waals surface area contributed by atoms with E-state index in [-0.39, 0.29) is 5.41 Å². The molecule has 0 bridgehead atoms. The zero-order chi connectivity index (χ0) is 32.0. The van der Waals surface area contributed by atoms with E-state index in [0.29, 0.717) is 0 Å². The van der Waals surface area contributed by atoms with Gasteiger partial charge in [0.15, 0.2) is 0 Å². The number of furan rings is 1. The molecule has 8 aromatic rings. The van der Waals surface area contributed by atoms with Crippen LogP contribution in [0.2, 0.25) is 0 Å². The third-order valence-electron chi connectivity index (χ3n) is 10.9. The van der Waals surface area contributed by atoms with Gasteiger partial charge in [0.25, 0.3) is 0 Å². The predicted octanol–water partition coefficient (Wildman–Crippen LogP) is 13.0. The van der Waals surface area contributed by atoms with E-state index < -0.39 is 0 Å². The highest BCUT2D eigenvalue weighted by Gasteiger charge is 2.40. The van der Waals surface area contributed by atoms with Crippen molar-refractivity contribution in [3.8, 4) is 44.7 Å². The van der Waals surface area contributed by atoms with Gasteiger partial charge in [-0.05, 0) is 96.6 Å². The Kier molecular flexibility index (Phi) is 5.82. The largest absolute Gasteiger partial charge is 0.456 e. The number of hydrogen-bond donors (Lipinski definition) is 0. The summed E-state index contributed by atoms with van der Waals surface area (Å²) in [6.45, 7) is 4.71. The van der Waals surface area contributed by atoms with E-state index in [1.54, 1.807) is 0 Å². The molecule has 0 amide bonds. The van der Waals surface area contributed by atoms with Gasteiger partial charge in [-0.25, -0.2) is 0 Å². The van der Waals surface area contributed by atoms with E-state index in [4.69, 9.17) is 4.42 Å². The monoisotopic (exact) mass is 614 g/mol. The fourth-order valence-electron chi connectivity index (χ4n) is 8.80. The molecule has 1 heteroatoms. The van der Waals surface area contributed by atoms with Crippen molar-refractivity contribution in [1.82, 2.24) is 0 Å². The van der Waals surface area contributed by atoms with Crippen LogP contribution in [-0.4, -0.2) is 0 Å². The minimum Gasteiger partial charge on any atom is -0.456 e. The molecule has 0 saturated heterocycles. The molecule has 0 aliphatic heterocycles. The molecule has 1 aromatic heterocycles. The molecule has 2 aliphatic carbocycles. The van der Waals surface area contributed by atoms with E-state index in [2.05, 4.69) is 159 Å². The molecule has 1 nitrogen and oxygen atoms in total. The van der Waals surface area contributed by atoms with Crippen LogP contribution in [0.3, 0.4) is 0 Å². The first-order valence-electron chi connectivity index (χ1n) is 17.1. The van der Waals surface area contributed by atoms with Crippen molar-refractivity contribution >= 4 is 38.6 Å². The molecule has 2 aliphatic rings. The van der Waals surface area contributed by atoms with Crippen molar-refractivity contribution < 1.29 is 4.42 Å². The van der Waals surface area contributed by atoms with Crippen molar-refractivity contribution in [3.05, 3.63) is 162 Å². The fourth-order valence-corrected chi connectivity index (χ4v) is 8.80. The van der Waals surface area contributed by atoms with Crippen LogP contribution in [0.25, 0.3) is 83.3 Å². The van der Waals surface area contributed by atoms with E-state index in [1.807, 2.05) is 0 Å². The Labute approximate surface area is 280 Å². The Morgan fingerprint density at radius 3 is 1.96 bits per heavy atom. The summed E-state index contributed by atoms with van der Waals surface area (Å²) in [5, 5.41) is 6.41. The smallest absolute Gasteiger partial charge is 0.139 e. The number of benzene rings is 7. The number of allylic oxidation sites excluding steroid dienone is 1. The molecule has 228 valence electrons. The van der Waals surface area contributed by atoms with Gasteiger partial charge in [0.1, 0.15) is 11.3 Å². The van der Waals surface area contributed by atoms with E-state index in [0.717, 1.165) is 24.2 Å². The van der Waals surface area contributed by atoms with Crippen molar-refractivity contribution in [1.29, 1.82) is 0 Å². The van der Waals surface area contributed by atoms with Crippen molar-refractivity contribution in [3.63, 3.8) is 0 Å². The van der Waals surface area contributed by atoms with Crippen LogP contribution in [0.1, 0.15) is 42.5 Å². The first kappa shape index (κ1) is 27.5. The predicted molar refractivity (Wildman–Crippen MR) is 202 cm³/mol. The van der Waals surface area contributed by atoms with Gasteiger partial charge in [-0.15, -0.1) is 0 Å². The third-order valence-corrected chi connectivity index (χ3v) is 10.9. The quantitative estimate of drug-likeness (QED) is 0.193. The summed E-state index contributed by atoms with van der Waals surface area (Å²) in [7, 11) is 0. The zero-order valence-electron chi connectivity index (χ0n) is 27.2. The van der Waals surface area contributed by atoms with Crippen molar-refractivity contribution in [2.45, 2.75) is 32.1 Å². The van der Waals surface area contributed by atoms with Gasteiger partial charge in [0.05, 0.1) is 0 Å². The van der Waals surface area contributed by atoms with Crippen LogP contribution in [0.15, 0.2) is 144 Å². The lowest BCUT2D eigenvalue weighted by Crippen LogP contribution is -2.15. The highest BCUT2D eigenvalue weighted by Crippen LogP contribution is 2.55. The number of hydrogen-bond acceptors (Lipinski definition) is 1. The second-order valence-corrected chi connectivity index (χ2v) is 13.9. The molecule has 7 aromatic carbocycles. The molecule has 48 heavy (non-hydrogen) atoms. The summed E-state index contributed by atoms with van der Waals surface area (Å²) >= 11 is 0. The molecular formula is C47H34O. The maximum atomic E-state index is 6.51. The lowest BCUT2D eigenvalue weighted by atomic mass is 9.77. The second kappa shape index (κ2) is 10.2. The van der Waals surface area contributed by atoms with Crippen LogP contribution in [0, 0.1) is 0 Å². The van der Waals surface area contributed by atoms with Gasteiger partial charge in [-0.2, -0.15) is 0 Å². The van der Waals surface area contributed by atoms with Crippen molar-refractivity contribution in [2.24, 2.45) is 0 Å². The summed E-state index contributed by atoms with van der Waals surface area (Å²) in [4.78, 5) is 0. The van der Waals surface area contributed by atoms with Gasteiger partial charge in [-0.1, -0.05) is 147 Å². The van der Waals surface area contributed by atoms with Crippen LogP contribution >= 0.6 is 0 Å². The highest BCUT2D eigenvalue weighted by molar-refractivity contribution is 6.15. The molecule has 1 heterocycles. The fraction of sp³-hybridized carbons (Fsp3) is 0.106. The Balaban J connectivity index is 1.23. The molecule has 0 N–H and O–H groups in total. The number of rotatable bonds is 3. The Hall–Kier alpha value is -5.66. The molecule has 0 saturated carbocycles. The van der Waals surface area contributed by atoms with E-state index >= 15 is 0 Å². The van der Waals surface area contributed by atoms with Gasteiger partial charge in [0, 0.05) is 21.9 Å². The average molecular weight is 615 g/mol. The lowest BCUT2D eigenvalue weighted by molar-refractivity contribution is 0.619. The molecule has 0 atom stereocenters. The number of fused-ring (bicyclic) bond motifs is 8. The molecule has 0 radical (unpaired) electrons. The molecule has 0 fully saturated rings. The minimum absolute atomic E-state index is 0.164. The Morgan fingerprint density at radius 1 is 0.542 bits per heavy atom. The second-order valence-electron chi connectivity index (χ2n) is 13.9. The van der Waals surface area contributed by atoms with Crippen LogP contribution < -0.4 is 0 Å². The summed E-state index contributed by atoms with van der Waals surface area (Å²) in [6, 6.07) is 49.0. The van der Waals surface area contributed by atoms with Gasteiger partial charge in [-0.3, -0.25) is 0 Å². The van der Waals surface area contributed by atoms with E-state index in [1.165, 1.54) is 88.1 Å². The standard InChI is InChI=1S/C47H34O/c1-47(2)41-28-30(24-25-39(41)46-45(47)40-22-12-13-23-42(40)48-46)43-34-18-8-10-20-36(34)44(37-21-11-9-19-35(37)43)38-27-26-31(29-14-4-3-5-15-29)32-16-6-7-17-33(32)38/h3-8,10-18,20-28H,9,19H2,1-2H3. The molecule has 10 rings (SSSR count). The summed E-state index contributed by atoms with van der Waals surface area (Å²) < 4.78 is 6.51. The first-order chi connectivity index (χ1) is 23.6. The number of para-hydroxylation sites is 1. The normalized spacial score (nSPS) is 14.4. The lowest BCUT2D eigenvalue weighted by Gasteiger charge is -2.26. The molecule has 0 spiro atoms. The van der Waals surface area contributed by atoms with E-state index in [9.17, 15) is 0 Å². The third kappa shape index (κ3) is 3.79. The average Bonchev–Trinajstić information content (AvgIpc) is 3.63. The SMILES string of the molecule is CC1(C)c2cc(-c3c4c(c(-c5ccc(-c6ccccc6)c6ccccc56)c5ccccc35)C=CCC4)ccc2-c2oc3ccccc3c21. The summed E-state index contributed by atoms with van der Waals surface area (Å²) in [5.74, 6) is 1.03. The van der Waals surface area contributed by atoms with Crippen LogP contribution in [0.4, 0.5) is 0 Å². The topological polar surface area (TPSA) is 13.1 Å². The first-order valence-corrected chi connectivity index (χ1v) is 17.1. The van der Waals surface area contributed by atoms with Gasteiger partial charge in [0.2, 0.25) is 0 Å². The van der Waals surface area contributed by atoms with Crippen LogP contribution in [-0.2, 0) is 11.8 Å². The minimum atomic E-state index is -0.164. The summed E-state index contributed by atoms with van der Waals surface area (Å²) in [6.07, 6.45) is 6.81. The summed E-state index contributed by atoms with van der Waals surface area (Å²) in [5.41, 5.74) is 15.3. The van der Waals surface area contributed by atoms with Gasteiger partial charge < -0.3 is 4.42 Å². The zero-order valence-corrected chi connectivity index (χ0v) is 27.2. The maximum Gasteiger partial charge on any atom is 0.139 e. The van der Waals surface area contributed by atoms with Gasteiger partial charge >= 0.3 is 0 Å². The van der Waals surface area contributed by atoms with Crippen molar-refractivity contribution in [2.75, 3.05) is 0 Å². The highest BCUT2D eigenvalue weighted by atomic mass is 16.3.